The van der Waals surface area contributed by atoms with E-state index >= 15 is 0 Å². The summed E-state index contributed by atoms with van der Waals surface area (Å²) in [6.45, 7) is 5.22. The van der Waals surface area contributed by atoms with Crippen LogP contribution in [0.3, 0.4) is 0 Å². The number of nitrogens with zero attached hydrogens (tertiary/aromatic N) is 2. The van der Waals surface area contributed by atoms with Gasteiger partial charge in [-0.15, -0.1) is 0 Å². The van der Waals surface area contributed by atoms with Crippen LogP contribution in [0.4, 0.5) is 0 Å². The number of rotatable bonds is 2. The van der Waals surface area contributed by atoms with Gasteiger partial charge in [0.2, 0.25) is 0 Å². The van der Waals surface area contributed by atoms with Crippen LogP contribution >= 0.6 is 11.8 Å². The van der Waals surface area contributed by atoms with Crippen molar-refractivity contribution in [3.05, 3.63) is 17.5 Å². The van der Waals surface area contributed by atoms with Gasteiger partial charge in [0.1, 0.15) is 0 Å². The molecule has 0 amide bonds. The summed E-state index contributed by atoms with van der Waals surface area (Å²) in [6.07, 6.45) is 2.13. The minimum atomic E-state index is 0.512. The molecule has 1 unspecified atom stereocenters. The molecule has 1 N–H and O–H groups in total. The van der Waals surface area contributed by atoms with Crippen molar-refractivity contribution in [2.45, 2.75) is 25.3 Å². The second-order valence-electron chi connectivity index (χ2n) is 3.34. The highest BCUT2D eigenvalue weighted by Crippen LogP contribution is 2.25. The predicted molar refractivity (Wildman–Crippen MR) is 55.9 cm³/mol. The van der Waals surface area contributed by atoms with Crippen LogP contribution in [0.25, 0.3) is 0 Å². The van der Waals surface area contributed by atoms with Crippen molar-refractivity contribution < 1.29 is 0 Å². The summed E-state index contributed by atoms with van der Waals surface area (Å²) >= 11 is 1.85. The van der Waals surface area contributed by atoms with Gasteiger partial charge in [-0.3, -0.25) is 4.68 Å². The number of aromatic nitrogens is 2. The van der Waals surface area contributed by atoms with Crippen molar-refractivity contribution in [2.24, 2.45) is 0 Å². The van der Waals surface area contributed by atoms with Crippen LogP contribution in [0.5, 0.6) is 0 Å². The van der Waals surface area contributed by atoms with Gasteiger partial charge in [-0.05, 0) is 19.2 Å². The van der Waals surface area contributed by atoms with Crippen molar-refractivity contribution in [3.8, 4) is 0 Å². The Hall–Kier alpha value is -0.480. The fourth-order valence-electron chi connectivity index (χ4n) is 1.53. The zero-order valence-electron chi connectivity index (χ0n) is 8.08. The molecule has 2 rings (SSSR count). The predicted octanol–water partition coefficient (Wildman–Crippen LogP) is 1.41. The standard InChI is InChI=1S/C9H15N3S/c1-7(13-2)9-5-8-6-10-3-4-12(8)11-9/h5,7,10H,3-4,6H2,1-2H3. The molecular formula is C9H15N3S. The van der Waals surface area contributed by atoms with Crippen LogP contribution < -0.4 is 5.32 Å². The molecule has 2 heterocycles. The number of fused-ring (bicyclic) bond motifs is 1. The fourth-order valence-corrected chi connectivity index (χ4v) is 1.89. The van der Waals surface area contributed by atoms with E-state index in [9.17, 15) is 0 Å². The molecule has 3 nitrogen and oxygen atoms in total. The lowest BCUT2D eigenvalue weighted by Crippen LogP contribution is -2.28. The highest BCUT2D eigenvalue weighted by atomic mass is 32.2. The van der Waals surface area contributed by atoms with Crippen LogP contribution in [-0.4, -0.2) is 22.6 Å². The first-order valence-electron chi connectivity index (χ1n) is 4.61. The van der Waals surface area contributed by atoms with Gasteiger partial charge in [0, 0.05) is 18.3 Å². The summed E-state index contributed by atoms with van der Waals surface area (Å²) in [5.41, 5.74) is 2.54. The summed E-state index contributed by atoms with van der Waals surface area (Å²) in [6, 6.07) is 2.22. The topological polar surface area (TPSA) is 29.9 Å². The maximum atomic E-state index is 4.58. The summed E-state index contributed by atoms with van der Waals surface area (Å²) in [5.74, 6) is 0. The number of thioether (sulfide) groups is 1. The molecule has 0 saturated carbocycles. The summed E-state index contributed by atoms with van der Waals surface area (Å²) in [4.78, 5) is 0. The zero-order chi connectivity index (χ0) is 9.26. The van der Waals surface area contributed by atoms with E-state index < -0.39 is 0 Å². The molecule has 0 fully saturated rings. The van der Waals surface area contributed by atoms with E-state index in [0.29, 0.717) is 5.25 Å². The third kappa shape index (κ3) is 1.74. The maximum absolute atomic E-state index is 4.58. The van der Waals surface area contributed by atoms with Gasteiger partial charge in [-0.1, -0.05) is 0 Å². The second-order valence-corrected chi connectivity index (χ2v) is 4.52. The van der Waals surface area contributed by atoms with E-state index in [0.717, 1.165) is 19.6 Å². The maximum Gasteiger partial charge on any atom is 0.0754 e. The van der Waals surface area contributed by atoms with E-state index in [4.69, 9.17) is 0 Å². The number of nitrogens with one attached hydrogen (secondary N) is 1. The normalized spacial score (nSPS) is 18.3. The van der Waals surface area contributed by atoms with Crippen LogP contribution in [0.1, 0.15) is 23.6 Å². The number of hydrogen-bond donors (Lipinski definition) is 1. The Morgan fingerprint density at radius 1 is 1.69 bits per heavy atom. The smallest absolute Gasteiger partial charge is 0.0754 e. The van der Waals surface area contributed by atoms with E-state index in [1.54, 1.807) is 0 Å². The minimum absolute atomic E-state index is 0.512. The van der Waals surface area contributed by atoms with E-state index in [2.05, 4.69) is 34.3 Å². The Morgan fingerprint density at radius 3 is 3.23 bits per heavy atom. The molecular weight excluding hydrogens is 182 g/mol. The van der Waals surface area contributed by atoms with Gasteiger partial charge in [-0.2, -0.15) is 16.9 Å². The lowest BCUT2D eigenvalue weighted by Gasteiger charge is -2.13. The van der Waals surface area contributed by atoms with Crippen molar-refractivity contribution in [1.82, 2.24) is 15.1 Å². The van der Waals surface area contributed by atoms with E-state index in [-0.39, 0.29) is 0 Å². The molecule has 0 radical (unpaired) electrons. The van der Waals surface area contributed by atoms with Gasteiger partial charge in [0.05, 0.1) is 17.9 Å². The monoisotopic (exact) mass is 197 g/mol. The molecule has 0 aromatic carbocycles. The summed E-state index contributed by atoms with van der Waals surface area (Å²) in [5, 5.41) is 8.43. The van der Waals surface area contributed by atoms with Crippen LogP contribution in [-0.2, 0) is 13.1 Å². The average Bonchev–Trinajstić information content (AvgIpc) is 2.59. The lowest BCUT2D eigenvalue weighted by molar-refractivity contribution is 0.473. The minimum Gasteiger partial charge on any atom is -0.309 e. The Balaban J connectivity index is 2.25. The molecule has 1 aromatic heterocycles. The van der Waals surface area contributed by atoms with Gasteiger partial charge in [0.25, 0.3) is 0 Å². The third-order valence-corrected chi connectivity index (χ3v) is 3.41. The molecule has 0 saturated heterocycles. The molecule has 1 aliphatic rings. The highest BCUT2D eigenvalue weighted by molar-refractivity contribution is 7.98. The van der Waals surface area contributed by atoms with E-state index in [1.165, 1.54) is 11.4 Å². The van der Waals surface area contributed by atoms with Gasteiger partial charge < -0.3 is 5.32 Å². The molecule has 0 aliphatic carbocycles. The zero-order valence-corrected chi connectivity index (χ0v) is 8.90. The average molecular weight is 197 g/mol. The summed E-state index contributed by atoms with van der Waals surface area (Å²) in [7, 11) is 0. The van der Waals surface area contributed by atoms with Crippen molar-refractivity contribution in [3.63, 3.8) is 0 Å². The lowest BCUT2D eigenvalue weighted by atomic mass is 10.3. The highest BCUT2D eigenvalue weighted by Gasteiger charge is 2.14. The molecule has 72 valence electrons. The Kier molecular flexibility index (Phi) is 2.60. The van der Waals surface area contributed by atoms with Gasteiger partial charge >= 0.3 is 0 Å². The molecule has 0 spiro atoms. The second kappa shape index (κ2) is 3.72. The van der Waals surface area contributed by atoms with Crippen molar-refractivity contribution >= 4 is 11.8 Å². The van der Waals surface area contributed by atoms with Crippen molar-refractivity contribution in [2.75, 3.05) is 12.8 Å². The fraction of sp³-hybridized carbons (Fsp3) is 0.667. The Labute approximate surface area is 82.9 Å². The van der Waals surface area contributed by atoms with Crippen LogP contribution in [0.2, 0.25) is 0 Å². The first kappa shape index (κ1) is 9.09. The quantitative estimate of drug-likeness (QED) is 0.777. The first-order valence-corrected chi connectivity index (χ1v) is 5.90. The Bertz CT molecular complexity index is 272. The van der Waals surface area contributed by atoms with Gasteiger partial charge in [-0.25, -0.2) is 0 Å². The summed E-state index contributed by atoms with van der Waals surface area (Å²) < 4.78 is 2.12. The SMILES string of the molecule is CSC(C)c1cc2n(n1)CCNC2. The first-order chi connectivity index (χ1) is 6.31. The molecule has 1 atom stereocenters. The molecule has 0 bridgehead atoms. The number of hydrogen-bond acceptors (Lipinski definition) is 3. The molecule has 1 aromatic rings. The molecule has 4 heteroatoms. The Morgan fingerprint density at radius 2 is 2.54 bits per heavy atom. The molecule has 1 aliphatic heterocycles. The van der Waals surface area contributed by atoms with Gasteiger partial charge in [0.15, 0.2) is 0 Å². The van der Waals surface area contributed by atoms with Crippen molar-refractivity contribution in [1.29, 1.82) is 0 Å². The molecule has 13 heavy (non-hydrogen) atoms. The largest absolute Gasteiger partial charge is 0.309 e. The van der Waals surface area contributed by atoms with Crippen LogP contribution in [0, 0.1) is 0 Å². The third-order valence-electron chi connectivity index (χ3n) is 2.46. The van der Waals surface area contributed by atoms with E-state index in [1.807, 2.05) is 11.8 Å². The van der Waals surface area contributed by atoms with Crippen LogP contribution in [0.15, 0.2) is 6.07 Å².